The molecule has 3 nitrogen and oxygen atoms in total. The molecule has 0 spiro atoms. The molecule has 3 rings (SSSR count). The fraction of sp³-hybridized carbons (Fsp3) is 0.200. The predicted molar refractivity (Wildman–Crippen MR) is 80.7 cm³/mol. The molecule has 0 fully saturated rings. The number of hydrogen-bond acceptors (Lipinski definition) is 4. The third-order valence-electron chi connectivity index (χ3n) is 3.33. The number of anilines is 1. The molecule has 1 aromatic carbocycles. The van der Waals surface area contributed by atoms with Gasteiger partial charge in [-0.15, -0.1) is 0 Å². The third-order valence-corrected chi connectivity index (χ3v) is 4.46. The molecule has 1 unspecified atom stereocenters. The Hall–Kier alpha value is -1.94. The highest BCUT2D eigenvalue weighted by molar-refractivity contribution is 7.22. The maximum Gasteiger partial charge on any atom is 0.186 e. The Morgan fingerprint density at radius 3 is 2.74 bits per heavy atom. The molecule has 2 heterocycles. The highest BCUT2D eigenvalue weighted by Crippen LogP contribution is 2.32. The summed E-state index contributed by atoms with van der Waals surface area (Å²) in [6.07, 6.45) is 3.71. The van der Waals surface area contributed by atoms with Crippen LogP contribution in [0.2, 0.25) is 0 Å². The van der Waals surface area contributed by atoms with Crippen molar-refractivity contribution in [2.24, 2.45) is 0 Å². The van der Waals surface area contributed by atoms with Gasteiger partial charge in [0.1, 0.15) is 0 Å². The van der Waals surface area contributed by atoms with Crippen LogP contribution in [-0.2, 0) is 0 Å². The lowest BCUT2D eigenvalue weighted by Crippen LogP contribution is -2.21. The molecule has 3 aromatic rings. The third kappa shape index (κ3) is 2.31. The predicted octanol–water partition coefficient (Wildman–Crippen LogP) is 3.89. The average molecular weight is 269 g/mol. The first kappa shape index (κ1) is 12.1. The van der Waals surface area contributed by atoms with Crippen LogP contribution in [0, 0.1) is 0 Å². The van der Waals surface area contributed by atoms with Gasteiger partial charge in [0.2, 0.25) is 0 Å². The summed E-state index contributed by atoms with van der Waals surface area (Å²) < 4.78 is 1.22. The first-order chi connectivity index (χ1) is 9.25. The number of benzene rings is 1. The van der Waals surface area contributed by atoms with Gasteiger partial charge in [-0.25, -0.2) is 4.98 Å². The van der Waals surface area contributed by atoms with Crippen LogP contribution in [0.15, 0.2) is 48.8 Å². The van der Waals surface area contributed by atoms with E-state index in [-0.39, 0.29) is 6.04 Å². The van der Waals surface area contributed by atoms with Crippen LogP contribution >= 0.6 is 11.3 Å². The topological polar surface area (TPSA) is 29.0 Å². The van der Waals surface area contributed by atoms with Crippen molar-refractivity contribution < 1.29 is 0 Å². The molecule has 0 aliphatic rings. The van der Waals surface area contributed by atoms with Gasteiger partial charge in [0.25, 0.3) is 0 Å². The highest BCUT2D eigenvalue weighted by atomic mass is 32.1. The van der Waals surface area contributed by atoms with Crippen molar-refractivity contribution in [1.82, 2.24) is 9.97 Å². The zero-order valence-electron chi connectivity index (χ0n) is 10.9. The van der Waals surface area contributed by atoms with Gasteiger partial charge in [0.05, 0.1) is 16.3 Å². The lowest BCUT2D eigenvalue weighted by atomic mass is 10.1. The SMILES string of the molecule is CC(c1cccnc1)N(C)c1nc2ccccc2s1. The first-order valence-electron chi connectivity index (χ1n) is 6.24. The molecule has 4 heteroatoms. The van der Waals surface area contributed by atoms with Gasteiger partial charge >= 0.3 is 0 Å². The first-order valence-corrected chi connectivity index (χ1v) is 7.05. The second kappa shape index (κ2) is 4.97. The summed E-state index contributed by atoms with van der Waals surface area (Å²) in [6, 6.07) is 12.6. The minimum absolute atomic E-state index is 0.259. The molecule has 0 radical (unpaired) electrons. The van der Waals surface area contributed by atoms with Gasteiger partial charge in [-0.05, 0) is 30.7 Å². The quantitative estimate of drug-likeness (QED) is 0.722. The zero-order chi connectivity index (χ0) is 13.2. The maximum atomic E-state index is 4.68. The number of fused-ring (bicyclic) bond motifs is 1. The molecule has 0 saturated carbocycles. The van der Waals surface area contributed by atoms with E-state index in [2.05, 4.69) is 53.1 Å². The lowest BCUT2D eigenvalue weighted by molar-refractivity contribution is 0.734. The van der Waals surface area contributed by atoms with Crippen LogP contribution in [0.4, 0.5) is 5.13 Å². The zero-order valence-corrected chi connectivity index (χ0v) is 11.8. The fourth-order valence-electron chi connectivity index (χ4n) is 2.02. The number of para-hydroxylation sites is 1. The van der Waals surface area contributed by atoms with E-state index in [1.807, 2.05) is 18.3 Å². The molecular weight excluding hydrogens is 254 g/mol. The van der Waals surface area contributed by atoms with Crippen molar-refractivity contribution in [2.45, 2.75) is 13.0 Å². The van der Waals surface area contributed by atoms with E-state index in [1.165, 1.54) is 10.3 Å². The number of aromatic nitrogens is 2. The van der Waals surface area contributed by atoms with Crippen LogP contribution < -0.4 is 4.90 Å². The monoisotopic (exact) mass is 269 g/mol. The van der Waals surface area contributed by atoms with Crippen LogP contribution in [0.3, 0.4) is 0 Å². The lowest BCUT2D eigenvalue weighted by Gasteiger charge is -2.24. The van der Waals surface area contributed by atoms with Gasteiger partial charge in [-0.2, -0.15) is 0 Å². The van der Waals surface area contributed by atoms with Crippen molar-refractivity contribution >= 4 is 26.7 Å². The van der Waals surface area contributed by atoms with Gasteiger partial charge in [-0.3, -0.25) is 4.98 Å². The molecule has 0 aliphatic heterocycles. The number of rotatable bonds is 3. The van der Waals surface area contributed by atoms with Crippen molar-refractivity contribution in [1.29, 1.82) is 0 Å². The molecule has 0 bridgehead atoms. The molecule has 0 amide bonds. The molecule has 1 atom stereocenters. The molecule has 96 valence electrons. The summed E-state index contributed by atoms with van der Waals surface area (Å²) in [6.45, 7) is 2.17. The minimum Gasteiger partial charge on any atom is -0.344 e. The fourth-order valence-corrected chi connectivity index (χ4v) is 3.03. The Morgan fingerprint density at radius 2 is 2.00 bits per heavy atom. The van der Waals surface area contributed by atoms with E-state index >= 15 is 0 Å². The largest absolute Gasteiger partial charge is 0.344 e. The van der Waals surface area contributed by atoms with Gasteiger partial charge in [0.15, 0.2) is 5.13 Å². The van der Waals surface area contributed by atoms with Crippen molar-refractivity contribution in [3.8, 4) is 0 Å². The van der Waals surface area contributed by atoms with Crippen LogP contribution in [0.5, 0.6) is 0 Å². The van der Waals surface area contributed by atoms with Crippen LogP contribution in [-0.4, -0.2) is 17.0 Å². The van der Waals surface area contributed by atoms with Crippen molar-refractivity contribution in [2.75, 3.05) is 11.9 Å². The summed E-state index contributed by atoms with van der Waals surface area (Å²) in [5.41, 5.74) is 2.26. The standard InChI is InChI=1S/C15H15N3S/c1-11(12-6-5-9-16-10-12)18(2)15-17-13-7-3-4-8-14(13)19-15/h3-11H,1-2H3. The maximum absolute atomic E-state index is 4.68. The van der Waals surface area contributed by atoms with E-state index in [1.54, 1.807) is 17.5 Å². The number of hydrogen-bond donors (Lipinski definition) is 0. The summed E-state index contributed by atoms with van der Waals surface area (Å²) in [5, 5.41) is 1.04. The summed E-state index contributed by atoms with van der Waals surface area (Å²) in [5.74, 6) is 0. The van der Waals surface area contributed by atoms with Gasteiger partial charge < -0.3 is 4.90 Å². The summed E-state index contributed by atoms with van der Waals surface area (Å²) >= 11 is 1.72. The van der Waals surface area contributed by atoms with E-state index in [0.717, 1.165) is 10.6 Å². The highest BCUT2D eigenvalue weighted by Gasteiger charge is 2.15. The van der Waals surface area contributed by atoms with E-state index in [0.29, 0.717) is 0 Å². The number of nitrogens with zero attached hydrogens (tertiary/aromatic N) is 3. The Labute approximate surface area is 116 Å². The Bertz CT molecular complexity index is 645. The Balaban J connectivity index is 1.93. The minimum atomic E-state index is 0.259. The smallest absolute Gasteiger partial charge is 0.186 e. The van der Waals surface area contributed by atoms with Gasteiger partial charge in [0, 0.05) is 19.4 Å². The van der Waals surface area contributed by atoms with Crippen LogP contribution in [0.1, 0.15) is 18.5 Å². The normalized spacial score (nSPS) is 12.5. The molecule has 2 aromatic heterocycles. The molecular formula is C15H15N3S. The van der Waals surface area contributed by atoms with E-state index < -0.39 is 0 Å². The van der Waals surface area contributed by atoms with E-state index in [9.17, 15) is 0 Å². The Kier molecular flexibility index (Phi) is 3.17. The molecule has 0 N–H and O–H groups in total. The number of pyridine rings is 1. The van der Waals surface area contributed by atoms with Crippen molar-refractivity contribution in [3.63, 3.8) is 0 Å². The van der Waals surface area contributed by atoms with Gasteiger partial charge in [-0.1, -0.05) is 29.5 Å². The second-order valence-corrected chi connectivity index (χ2v) is 5.55. The summed E-state index contributed by atoms with van der Waals surface area (Å²) in [7, 11) is 2.08. The van der Waals surface area contributed by atoms with Crippen LogP contribution in [0.25, 0.3) is 10.2 Å². The average Bonchev–Trinajstić information content (AvgIpc) is 2.90. The molecule has 0 saturated heterocycles. The van der Waals surface area contributed by atoms with E-state index in [4.69, 9.17) is 0 Å². The molecule has 0 aliphatic carbocycles. The second-order valence-electron chi connectivity index (χ2n) is 4.54. The van der Waals surface area contributed by atoms with Crippen molar-refractivity contribution in [3.05, 3.63) is 54.4 Å². The Morgan fingerprint density at radius 1 is 1.16 bits per heavy atom. The summed E-state index contributed by atoms with van der Waals surface area (Å²) in [4.78, 5) is 11.1. The number of thiazole rings is 1. The molecule has 19 heavy (non-hydrogen) atoms.